The second-order valence-corrected chi connectivity index (χ2v) is 5.67. The molecule has 3 rings (SSSR count). The van der Waals surface area contributed by atoms with Gasteiger partial charge in [-0.05, 0) is 54.5 Å². The Labute approximate surface area is 119 Å². The minimum atomic E-state index is -0.182. The summed E-state index contributed by atoms with van der Waals surface area (Å²) < 4.78 is 12.9. The van der Waals surface area contributed by atoms with Crippen molar-refractivity contribution in [1.82, 2.24) is 5.32 Å². The Kier molecular flexibility index (Phi) is 3.83. The van der Waals surface area contributed by atoms with Crippen LogP contribution in [0.3, 0.4) is 0 Å². The first-order chi connectivity index (χ1) is 9.72. The summed E-state index contributed by atoms with van der Waals surface area (Å²) >= 11 is 0. The molecule has 2 aromatic rings. The van der Waals surface area contributed by atoms with Gasteiger partial charge in [-0.1, -0.05) is 36.4 Å². The number of rotatable bonds is 5. The maximum atomic E-state index is 12.9. The average Bonchev–Trinajstić information content (AvgIpc) is 3.30. The molecule has 0 aromatic heterocycles. The van der Waals surface area contributed by atoms with Gasteiger partial charge in [-0.25, -0.2) is 4.39 Å². The van der Waals surface area contributed by atoms with Crippen molar-refractivity contribution >= 4 is 0 Å². The molecule has 1 unspecified atom stereocenters. The van der Waals surface area contributed by atoms with E-state index in [-0.39, 0.29) is 11.9 Å². The summed E-state index contributed by atoms with van der Waals surface area (Å²) in [6.45, 7) is 2.96. The van der Waals surface area contributed by atoms with Gasteiger partial charge in [0.25, 0.3) is 0 Å². The molecule has 0 saturated heterocycles. The molecule has 0 aliphatic heterocycles. The summed E-state index contributed by atoms with van der Waals surface area (Å²) in [6, 6.07) is 15.8. The lowest BCUT2D eigenvalue weighted by Gasteiger charge is -2.14. The smallest absolute Gasteiger partial charge is 0.123 e. The maximum Gasteiger partial charge on any atom is 0.123 e. The fourth-order valence-corrected chi connectivity index (χ4v) is 2.51. The Morgan fingerprint density at radius 3 is 2.60 bits per heavy atom. The van der Waals surface area contributed by atoms with E-state index in [1.165, 1.54) is 36.1 Å². The van der Waals surface area contributed by atoms with Gasteiger partial charge in [0.1, 0.15) is 5.82 Å². The first kappa shape index (κ1) is 13.3. The Bertz CT molecular complexity index is 572. The molecule has 1 N–H and O–H groups in total. The topological polar surface area (TPSA) is 12.0 Å². The molecule has 20 heavy (non-hydrogen) atoms. The molecule has 2 heteroatoms. The zero-order valence-corrected chi connectivity index (χ0v) is 11.8. The lowest BCUT2D eigenvalue weighted by atomic mass is 10.1. The predicted octanol–water partition coefficient (Wildman–Crippen LogP) is 4.55. The van der Waals surface area contributed by atoms with E-state index in [9.17, 15) is 4.39 Å². The van der Waals surface area contributed by atoms with Crippen LogP contribution in [-0.4, -0.2) is 0 Å². The van der Waals surface area contributed by atoms with E-state index in [0.29, 0.717) is 0 Å². The molecular weight excluding hydrogens is 249 g/mol. The zero-order chi connectivity index (χ0) is 13.9. The number of hydrogen-bond acceptors (Lipinski definition) is 1. The van der Waals surface area contributed by atoms with E-state index >= 15 is 0 Å². The van der Waals surface area contributed by atoms with Crippen LogP contribution in [0.25, 0.3) is 0 Å². The summed E-state index contributed by atoms with van der Waals surface area (Å²) in [4.78, 5) is 0. The number of benzene rings is 2. The Morgan fingerprint density at radius 2 is 1.90 bits per heavy atom. The first-order valence-corrected chi connectivity index (χ1v) is 7.30. The largest absolute Gasteiger partial charge is 0.306 e. The minimum absolute atomic E-state index is 0.182. The van der Waals surface area contributed by atoms with Crippen LogP contribution in [0.5, 0.6) is 0 Å². The fourth-order valence-electron chi connectivity index (χ4n) is 2.51. The molecule has 0 bridgehead atoms. The molecular formula is C18H20FN. The number of hydrogen-bond donors (Lipinski definition) is 1. The number of nitrogens with one attached hydrogen (secondary N) is 1. The molecule has 0 heterocycles. The molecule has 1 atom stereocenters. The van der Waals surface area contributed by atoms with Crippen LogP contribution in [0.1, 0.15) is 48.4 Å². The molecule has 104 valence electrons. The summed E-state index contributed by atoms with van der Waals surface area (Å²) in [5.41, 5.74) is 3.91. The molecule has 1 saturated carbocycles. The zero-order valence-electron chi connectivity index (χ0n) is 11.8. The van der Waals surface area contributed by atoms with E-state index in [1.54, 1.807) is 0 Å². The second kappa shape index (κ2) is 5.76. The van der Waals surface area contributed by atoms with E-state index in [0.717, 1.165) is 18.0 Å². The average molecular weight is 269 g/mol. The molecule has 1 aliphatic carbocycles. The highest BCUT2D eigenvalue weighted by atomic mass is 19.1. The van der Waals surface area contributed by atoms with E-state index in [1.807, 2.05) is 12.1 Å². The van der Waals surface area contributed by atoms with Gasteiger partial charge >= 0.3 is 0 Å². The molecule has 0 spiro atoms. The lowest BCUT2D eigenvalue weighted by molar-refractivity contribution is 0.571. The van der Waals surface area contributed by atoms with Crippen LogP contribution in [0.2, 0.25) is 0 Å². The van der Waals surface area contributed by atoms with Crippen LogP contribution in [0.4, 0.5) is 4.39 Å². The Morgan fingerprint density at radius 1 is 1.15 bits per heavy atom. The van der Waals surface area contributed by atoms with Gasteiger partial charge in [-0.2, -0.15) is 0 Å². The second-order valence-electron chi connectivity index (χ2n) is 5.67. The van der Waals surface area contributed by atoms with Crippen molar-refractivity contribution in [3.63, 3.8) is 0 Å². The van der Waals surface area contributed by atoms with Crippen molar-refractivity contribution in [1.29, 1.82) is 0 Å². The third kappa shape index (κ3) is 3.26. The molecule has 0 radical (unpaired) electrons. The van der Waals surface area contributed by atoms with Gasteiger partial charge in [-0.15, -0.1) is 0 Å². The summed E-state index contributed by atoms with van der Waals surface area (Å²) in [6.07, 6.45) is 2.67. The van der Waals surface area contributed by atoms with Crippen LogP contribution in [0, 0.1) is 5.82 Å². The third-order valence-corrected chi connectivity index (χ3v) is 3.98. The van der Waals surface area contributed by atoms with Crippen LogP contribution in [0.15, 0.2) is 48.5 Å². The van der Waals surface area contributed by atoms with Crippen LogP contribution in [-0.2, 0) is 6.54 Å². The highest BCUT2D eigenvalue weighted by molar-refractivity contribution is 5.29. The van der Waals surface area contributed by atoms with Crippen molar-refractivity contribution in [3.05, 3.63) is 71.0 Å². The van der Waals surface area contributed by atoms with Crippen LogP contribution < -0.4 is 5.32 Å². The summed E-state index contributed by atoms with van der Waals surface area (Å²) in [5, 5.41) is 3.50. The van der Waals surface area contributed by atoms with Gasteiger partial charge in [0.05, 0.1) is 0 Å². The lowest BCUT2D eigenvalue weighted by Crippen LogP contribution is -2.18. The van der Waals surface area contributed by atoms with E-state index in [4.69, 9.17) is 0 Å². The van der Waals surface area contributed by atoms with Gasteiger partial charge < -0.3 is 5.32 Å². The Balaban J connectivity index is 1.61. The normalized spacial score (nSPS) is 16.1. The monoisotopic (exact) mass is 269 g/mol. The molecule has 1 nitrogen and oxygen atoms in total. The van der Waals surface area contributed by atoms with E-state index in [2.05, 4.69) is 36.5 Å². The van der Waals surface area contributed by atoms with Gasteiger partial charge in [0.2, 0.25) is 0 Å². The number of halogens is 1. The van der Waals surface area contributed by atoms with Crippen molar-refractivity contribution in [3.8, 4) is 0 Å². The molecule has 1 aliphatic rings. The van der Waals surface area contributed by atoms with Gasteiger partial charge in [0, 0.05) is 12.6 Å². The maximum absolute atomic E-state index is 12.9. The van der Waals surface area contributed by atoms with Crippen molar-refractivity contribution in [2.45, 2.75) is 38.3 Å². The standard InChI is InChI=1S/C18H20FN/c1-13(15-7-9-18(19)10-8-15)20-12-14-3-2-4-17(11-14)16-5-6-16/h2-4,7-11,13,16,20H,5-6,12H2,1H3. The quantitative estimate of drug-likeness (QED) is 0.839. The van der Waals surface area contributed by atoms with Gasteiger partial charge in [0.15, 0.2) is 0 Å². The van der Waals surface area contributed by atoms with Gasteiger partial charge in [-0.3, -0.25) is 0 Å². The fraction of sp³-hybridized carbons (Fsp3) is 0.333. The van der Waals surface area contributed by atoms with Crippen molar-refractivity contribution in [2.75, 3.05) is 0 Å². The van der Waals surface area contributed by atoms with E-state index < -0.39 is 0 Å². The highest BCUT2D eigenvalue weighted by Gasteiger charge is 2.23. The van der Waals surface area contributed by atoms with Crippen molar-refractivity contribution < 1.29 is 4.39 Å². The SMILES string of the molecule is CC(NCc1cccc(C2CC2)c1)c1ccc(F)cc1. The highest BCUT2D eigenvalue weighted by Crippen LogP contribution is 2.40. The molecule has 2 aromatic carbocycles. The van der Waals surface area contributed by atoms with Crippen LogP contribution >= 0.6 is 0 Å². The van der Waals surface area contributed by atoms with Crippen molar-refractivity contribution in [2.24, 2.45) is 0 Å². The summed E-state index contributed by atoms with van der Waals surface area (Å²) in [5.74, 6) is 0.613. The first-order valence-electron chi connectivity index (χ1n) is 7.30. The minimum Gasteiger partial charge on any atom is -0.306 e. The Hall–Kier alpha value is -1.67. The summed E-state index contributed by atoms with van der Waals surface area (Å²) in [7, 11) is 0. The predicted molar refractivity (Wildman–Crippen MR) is 80.1 cm³/mol. The third-order valence-electron chi connectivity index (χ3n) is 3.98. The molecule has 1 fully saturated rings. The molecule has 0 amide bonds.